The third-order valence-electron chi connectivity index (χ3n) is 6.59. The fourth-order valence-electron chi connectivity index (χ4n) is 4.50. The lowest BCUT2D eigenvalue weighted by Crippen LogP contribution is -2.51. The third kappa shape index (κ3) is 6.86. The SMILES string of the molecule is C[C@H]1C[C@@H](NC(=O)c2cc(C3CC3)on2)CCN1S(=O)(=O)CCCNCc1cccc(C(F)(F)F)c1. The van der Waals surface area contributed by atoms with Crippen molar-refractivity contribution in [3.63, 3.8) is 0 Å². The molecule has 1 aromatic carbocycles. The highest BCUT2D eigenvalue weighted by Crippen LogP contribution is 2.40. The largest absolute Gasteiger partial charge is 0.416 e. The molecule has 0 bridgehead atoms. The molecule has 1 saturated carbocycles. The molecule has 0 spiro atoms. The lowest BCUT2D eigenvalue weighted by Gasteiger charge is -2.36. The van der Waals surface area contributed by atoms with E-state index in [0.717, 1.165) is 30.7 Å². The number of rotatable bonds is 10. The maximum Gasteiger partial charge on any atom is 0.416 e. The Balaban J connectivity index is 1.19. The normalized spacial score (nSPS) is 21.4. The van der Waals surface area contributed by atoms with E-state index in [0.29, 0.717) is 43.8 Å². The number of aromatic nitrogens is 1. The van der Waals surface area contributed by atoms with E-state index >= 15 is 0 Å². The van der Waals surface area contributed by atoms with Crippen molar-refractivity contribution < 1.29 is 30.9 Å². The quantitative estimate of drug-likeness (QED) is 0.456. The van der Waals surface area contributed by atoms with Crippen molar-refractivity contribution in [3.05, 3.63) is 52.9 Å². The molecule has 1 saturated heterocycles. The van der Waals surface area contributed by atoms with Crippen LogP contribution < -0.4 is 10.6 Å². The maximum atomic E-state index is 12.9. The fraction of sp³-hybridized carbons (Fsp3) is 0.583. The minimum absolute atomic E-state index is 0.0627. The van der Waals surface area contributed by atoms with Crippen LogP contribution in [0.15, 0.2) is 34.9 Å². The van der Waals surface area contributed by atoms with Gasteiger partial charge in [0.15, 0.2) is 5.69 Å². The van der Waals surface area contributed by atoms with Gasteiger partial charge in [-0.25, -0.2) is 8.42 Å². The van der Waals surface area contributed by atoms with Crippen LogP contribution in [-0.2, 0) is 22.7 Å². The molecule has 1 amide bonds. The van der Waals surface area contributed by atoms with Crippen LogP contribution in [0.1, 0.15) is 72.3 Å². The lowest BCUT2D eigenvalue weighted by molar-refractivity contribution is -0.137. The van der Waals surface area contributed by atoms with E-state index in [1.807, 2.05) is 6.92 Å². The van der Waals surface area contributed by atoms with Crippen LogP contribution in [-0.4, -0.2) is 54.7 Å². The van der Waals surface area contributed by atoms with Crippen molar-refractivity contribution in [1.29, 1.82) is 0 Å². The molecule has 1 aliphatic carbocycles. The van der Waals surface area contributed by atoms with E-state index in [1.54, 1.807) is 12.1 Å². The molecule has 2 atom stereocenters. The van der Waals surface area contributed by atoms with Gasteiger partial charge in [-0.1, -0.05) is 23.4 Å². The summed E-state index contributed by atoms with van der Waals surface area (Å²) in [7, 11) is -3.50. The second-order valence-electron chi connectivity index (χ2n) is 9.59. The zero-order valence-electron chi connectivity index (χ0n) is 20.1. The lowest BCUT2D eigenvalue weighted by atomic mass is 10.0. The highest BCUT2D eigenvalue weighted by molar-refractivity contribution is 7.89. The molecule has 2 heterocycles. The van der Waals surface area contributed by atoms with Gasteiger partial charge in [0.25, 0.3) is 5.91 Å². The van der Waals surface area contributed by atoms with Crippen LogP contribution in [0.5, 0.6) is 0 Å². The number of hydrogen-bond acceptors (Lipinski definition) is 6. The molecule has 2 aliphatic rings. The highest BCUT2D eigenvalue weighted by Gasteiger charge is 2.35. The van der Waals surface area contributed by atoms with Gasteiger partial charge in [0, 0.05) is 37.2 Å². The number of nitrogens with zero attached hydrogens (tertiary/aromatic N) is 2. The van der Waals surface area contributed by atoms with Crippen molar-refractivity contribution in [3.8, 4) is 0 Å². The minimum atomic E-state index is -4.40. The second kappa shape index (κ2) is 10.9. The molecule has 2 fully saturated rings. The summed E-state index contributed by atoms with van der Waals surface area (Å²) in [5, 5.41) is 9.80. The number of halogens is 3. The van der Waals surface area contributed by atoms with Crippen molar-refractivity contribution in [2.24, 2.45) is 0 Å². The number of benzene rings is 1. The Morgan fingerprint density at radius 1 is 1.22 bits per heavy atom. The summed E-state index contributed by atoms with van der Waals surface area (Å²) in [4.78, 5) is 12.5. The van der Waals surface area contributed by atoms with Crippen LogP contribution in [0.3, 0.4) is 0 Å². The van der Waals surface area contributed by atoms with Crippen molar-refractivity contribution in [2.45, 2.75) is 69.8 Å². The summed E-state index contributed by atoms with van der Waals surface area (Å²) in [6.45, 7) is 2.71. The zero-order valence-corrected chi connectivity index (χ0v) is 20.9. The zero-order chi connectivity index (χ0) is 25.9. The smallest absolute Gasteiger partial charge is 0.360 e. The van der Waals surface area contributed by atoms with Gasteiger partial charge >= 0.3 is 6.18 Å². The number of carbonyl (C=O) groups is 1. The van der Waals surface area contributed by atoms with Crippen LogP contribution in [0, 0.1) is 0 Å². The Labute approximate surface area is 208 Å². The van der Waals surface area contributed by atoms with Crippen LogP contribution >= 0.6 is 0 Å². The Hall–Kier alpha value is -2.44. The van der Waals surface area contributed by atoms with Gasteiger partial charge in [0.05, 0.1) is 11.3 Å². The molecule has 2 aromatic rings. The molecule has 1 aliphatic heterocycles. The van der Waals surface area contributed by atoms with Crippen LogP contribution in [0.2, 0.25) is 0 Å². The fourth-order valence-corrected chi connectivity index (χ4v) is 6.26. The minimum Gasteiger partial charge on any atom is -0.360 e. The van der Waals surface area contributed by atoms with Crippen LogP contribution in [0.25, 0.3) is 0 Å². The number of hydrogen-bond donors (Lipinski definition) is 2. The van der Waals surface area contributed by atoms with E-state index in [9.17, 15) is 26.4 Å². The number of sulfonamides is 1. The topological polar surface area (TPSA) is 105 Å². The van der Waals surface area contributed by atoms with Gasteiger partial charge in [-0.05, 0) is 57.2 Å². The number of alkyl halides is 3. The molecular formula is C24H31F3N4O4S. The van der Waals surface area contributed by atoms with E-state index in [1.165, 1.54) is 10.4 Å². The molecular weight excluding hydrogens is 497 g/mol. The molecule has 2 N–H and O–H groups in total. The molecule has 0 unspecified atom stereocenters. The Morgan fingerprint density at radius 2 is 2.00 bits per heavy atom. The third-order valence-corrected chi connectivity index (χ3v) is 8.65. The number of amides is 1. The average Bonchev–Trinajstić information content (AvgIpc) is 3.54. The number of nitrogens with one attached hydrogen (secondary N) is 2. The van der Waals surface area contributed by atoms with E-state index in [4.69, 9.17) is 4.52 Å². The maximum absolute atomic E-state index is 12.9. The summed E-state index contributed by atoms with van der Waals surface area (Å²) in [6.07, 6.45) is -0.978. The first-order chi connectivity index (χ1) is 17.0. The summed E-state index contributed by atoms with van der Waals surface area (Å²) < 4.78 is 70.9. The first-order valence-electron chi connectivity index (χ1n) is 12.2. The summed E-state index contributed by atoms with van der Waals surface area (Å²) >= 11 is 0. The van der Waals surface area contributed by atoms with Gasteiger partial charge < -0.3 is 15.2 Å². The summed E-state index contributed by atoms with van der Waals surface area (Å²) in [5.74, 6) is 0.723. The molecule has 0 radical (unpaired) electrons. The van der Waals surface area contributed by atoms with Crippen LogP contribution in [0.4, 0.5) is 13.2 Å². The Bertz CT molecular complexity index is 1160. The standard InChI is InChI=1S/C24H31F3N4O4S/c1-16-12-20(29-23(32)21-14-22(35-30-21)18-6-7-18)8-10-31(16)36(33,34)11-3-9-28-15-17-4-2-5-19(13-17)24(25,26)27/h2,4-5,13-14,16,18,20,28H,3,6-12,15H2,1H3,(H,29,32)/t16-,20-/m0/s1. The van der Waals surface area contributed by atoms with E-state index in [2.05, 4.69) is 15.8 Å². The molecule has 12 heteroatoms. The average molecular weight is 529 g/mol. The number of carbonyl (C=O) groups excluding carboxylic acids is 1. The summed E-state index contributed by atoms with van der Waals surface area (Å²) in [5.41, 5.74) is 0.0269. The molecule has 8 nitrogen and oxygen atoms in total. The molecule has 198 valence electrons. The second-order valence-corrected chi connectivity index (χ2v) is 11.6. The van der Waals surface area contributed by atoms with E-state index < -0.39 is 21.8 Å². The van der Waals surface area contributed by atoms with Gasteiger partial charge in [0.2, 0.25) is 10.0 Å². The number of piperidine rings is 1. The predicted molar refractivity (Wildman–Crippen MR) is 127 cm³/mol. The predicted octanol–water partition coefficient (Wildman–Crippen LogP) is 3.66. The molecule has 36 heavy (non-hydrogen) atoms. The Kier molecular flexibility index (Phi) is 8.06. The van der Waals surface area contributed by atoms with Gasteiger partial charge in [0.1, 0.15) is 5.76 Å². The van der Waals surface area contributed by atoms with Crippen molar-refractivity contribution in [2.75, 3.05) is 18.8 Å². The molecule has 4 rings (SSSR count). The summed E-state index contributed by atoms with van der Waals surface area (Å²) in [6, 6.07) is 6.30. The van der Waals surface area contributed by atoms with Crippen molar-refractivity contribution in [1.82, 2.24) is 20.1 Å². The Morgan fingerprint density at radius 3 is 2.69 bits per heavy atom. The van der Waals surface area contributed by atoms with Gasteiger partial charge in [-0.3, -0.25) is 4.79 Å². The highest BCUT2D eigenvalue weighted by atomic mass is 32.2. The van der Waals surface area contributed by atoms with Gasteiger partial charge in [-0.15, -0.1) is 0 Å². The monoisotopic (exact) mass is 528 g/mol. The first kappa shape index (κ1) is 26.6. The first-order valence-corrected chi connectivity index (χ1v) is 13.8. The van der Waals surface area contributed by atoms with E-state index in [-0.39, 0.29) is 36.0 Å². The van der Waals surface area contributed by atoms with Crippen molar-refractivity contribution >= 4 is 15.9 Å². The molecule has 1 aromatic heterocycles. The van der Waals surface area contributed by atoms with Gasteiger partial charge in [-0.2, -0.15) is 17.5 Å².